The van der Waals surface area contributed by atoms with Crippen molar-refractivity contribution in [2.45, 2.75) is 13.5 Å². The van der Waals surface area contributed by atoms with E-state index in [0.717, 1.165) is 5.56 Å². The molecule has 0 aromatic heterocycles. The number of halogens is 2. The summed E-state index contributed by atoms with van der Waals surface area (Å²) in [4.78, 5) is 0. The molecule has 2 N–H and O–H groups in total. The first-order chi connectivity index (χ1) is 6.19. The van der Waals surface area contributed by atoms with E-state index in [9.17, 15) is 4.39 Å². The maximum absolute atomic E-state index is 13.3. The number of hydrogen-bond donors (Lipinski definition) is 1. The first kappa shape index (κ1) is 10.5. The van der Waals surface area contributed by atoms with E-state index in [4.69, 9.17) is 10.5 Å². The molecule has 1 rings (SSSR count). The summed E-state index contributed by atoms with van der Waals surface area (Å²) in [6.07, 6.45) is 0. The Labute approximate surface area is 85.0 Å². The van der Waals surface area contributed by atoms with E-state index in [1.165, 1.54) is 6.07 Å². The Morgan fingerprint density at radius 3 is 2.69 bits per heavy atom. The van der Waals surface area contributed by atoms with Crippen molar-refractivity contribution >= 4 is 15.9 Å². The Morgan fingerprint density at radius 1 is 1.54 bits per heavy atom. The summed E-state index contributed by atoms with van der Waals surface area (Å²) in [5.41, 5.74) is 6.13. The van der Waals surface area contributed by atoms with E-state index in [1.54, 1.807) is 6.07 Å². The zero-order valence-electron chi connectivity index (χ0n) is 7.31. The normalized spacial score (nSPS) is 10.2. The summed E-state index contributed by atoms with van der Waals surface area (Å²) in [6, 6.07) is 3.14. The largest absolute Gasteiger partial charge is 0.490 e. The van der Waals surface area contributed by atoms with Gasteiger partial charge in [-0.15, -0.1) is 0 Å². The molecule has 0 fully saturated rings. The molecule has 0 aliphatic carbocycles. The third-order valence-electron chi connectivity index (χ3n) is 1.58. The zero-order chi connectivity index (χ0) is 9.84. The zero-order valence-corrected chi connectivity index (χ0v) is 8.90. The van der Waals surface area contributed by atoms with E-state index >= 15 is 0 Å². The standard InChI is InChI=1S/C9H11BrFNO/c1-2-13-9-7(10)3-6(5-12)4-8(9)11/h3-4H,2,5,12H2,1H3. The fourth-order valence-corrected chi connectivity index (χ4v) is 1.61. The molecule has 2 nitrogen and oxygen atoms in total. The van der Waals surface area contributed by atoms with Gasteiger partial charge in [-0.3, -0.25) is 0 Å². The molecule has 72 valence electrons. The maximum Gasteiger partial charge on any atom is 0.169 e. The van der Waals surface area contributed by atoms with Gasteiger partial charge < -0.3 is 10.5 Å². The number of nitrogens with two attached hydrogens (primary N) is 1. The van der Waals surface area contributed by atoms with Crippen molar-refractivity contribution in [3.05, 3.63) is 28.0 Å². The van der Waals surface area contributed by atoms with Gasteiger partial charge in [0.1, 0.15) is 0 Å². The van der Waals surface area contributed by atoms with Crippen LogP contribution in [0.3, 0.4) is 0 Å². The van der Waals surface area contributed by atoms with Crippen LogP contribution in [0.4, 0.5) is 4.39 Å². The van der Waals surface area contributed by atoms with Crippen LogP contribution in [0, 0.1) is 5.82 Å². The molecular weight excluding hydrogens is 237 g/mol. The molecule has 0 aliphatic rings. The lowest BCUT2D eigenvalue weighted by molar-refractivity contribution is 0.319. The van der Waals surface area contributed by atoms with Crippen LogP contribution in [0.5, 0.6) is 5.75 Å². The van der Waals surface area contributed by atoms with Gasteiger partial charge in [0.15, 0.2) is 11.6 Å². The number of benzene rings is 1. The van der Waals surface area contributed by atoms with Crippen molar-refractivity contribution in [1.82, 2.24) is 0 Å². The van der Waals surface area contributed by atoms with Gasteiger partial charge in [-0.25, -0.2) is 4.39 Å². The van der Waals surface area contributed by atoms with Gasteiger partial charge in [0, 0.05) is 6.54 Å². The summed E-state index contributed by atoms with van der Waals surface area (Å²) in [5, 5.41) is 0. The Kier molecular flexibility index (Phi) is 3.69. The minimum absolute atomic E-state index is 0.250. The fourth-order valence-electron chi connectivity index (χ4n) is 1.01. The molecule has 4 heteroatoms. The number of rotatable bonds is 3. The maximum atomic E-state index is 13.3. The van der Waals surface area contributed by atoms with E-state index in [0.29, 0.717) is 17.6 Å². The van der Waals surface area contributed by atoms with E-state index in [1.807, 2.05) is 6.92 Å². The highest BCUT2D eigenvalue weighted by Gasteiger charge is 2.09. The quantitative estimate of drug-likeness (QED) is 0.891. The van der Waals surface area contributed by atoms with Gasteiger partial charge in [0.05, 0.1) is 11.1 Å². The molecule has 0 heterocycles. The third-order valence-corrected chi connectivity index (χ3v) is 2.17. The van der Waals surface area contributed by atoms with Gasteiger partial charge in [0.2, 0.25) is 0 Å². The summed E-state index contributed by atoms with van der Waals surface area (Å²) < 4.78 is 19.0. The first-order valence-corrected chi connectivity index (χ1v) is 4.79. The van der Waals surface area contributed by atoms with E-state index < -0.39 is 0 Å². The average Bonchev–Trinajstić information content (AvgIpc) is 2.11. The Morgan fingerprint density at radius 2 is 2.23 bits per heavy atom. The minimum atomic E-state index is -0.378. The molecule has 0 aliphatic heterocycles. The molecule has 0 atom stereocenters. The Bertz CT molecular complexity index is 281. The van der Waals surface area contributed by atoms with Crippen molar-refractivity contribution < 1.29 is 9.13 Å². The van der Waals surface area contributed by atoms with Gasteiger partial charge in [-0.2, -0.15) is 0 Å². The van der Waals surface area contributed by atoms with Crippen molar-refractivity contribution in [1.29, 1.82) is 0 Å². The molecular formula is C9H11BrFNO. The molecule has 0 spiro atoms. The van der Waals surface area contributed by atoms with Gasteiger partial charge in [-0.05, 0) is 40.5 Å². The lowest BCUT2D eigenvalue weighted by Crippen LogP contribution is -2.00. The summed E-state index contributed by atoms with van der Waals surface area (Å²) in [5.74, 6) is -0.128. The molecule has 0 amide bonds. The molecule has 0 radical (unpaired) electrons. The minimum Gasteiger partial charge on any atom is -0.490 e. The van der Waals surface area contributed by atoms with Crippen LogP contribution in [0.25, 0.3) is 0 Å². The highest BCUT2D eigenvalue weighted by Crippen LogP contribution is 2.29. The molecule has 0 bridgehead atoms. The topological polar surface area (TPSA) is 35.2 Å². The molecule has 1 aromatic carbocycles. The summed E-state index contributed by atoms with van der Waals surface area (Å²) in [6.45, 7) is 2.57. The predicted octanol–water partition coefficient (Wildman–Crippen LogP) is 2.45. The van der Waals surface area contributed by atoms with Gasteiger partial charge >= 0.3 is 0 Å². The number of ether oxygens (including phenoxy) is 1. The van der Waals surface area contributed by atoms with Crippen molar-refractivity contribution in [2.24, 2.45) is 5.73 Å². The first-order valence-electron chi connectivity index (χ1n) is 3.99. The van der Waals surface area contributed by atoms with Crippen LogP contribution in [0.2, 0.25) is 0 Å². The summed E-state index contributed by atoms with van der Waals surface area (Å²) >= 11 is 3.22. The molecule has 0 unspecified atom stereocenters. The van der Waals surface area contributed by atoms with Gasteiger partial charge in [0.25, 0.3) is 0 Å². The van der Waals surface area contributed by atoms with E-state index in [2.05, 4.69) is 15.9 Å². The monoisotopic (exact) mass is 247 g/mol. The second kappa shape index (κ2) is 4.58. The van der Waals surface area contributed by atoms with E-state index in [-0.39, 0.29) is 11.6 Å². The fraction of sp³-hybridized carbons (Fsp3) is 0.333. The van der Waals surface area contributed by atoms with Crippen LogP contribution in [-0.2, 0) is 6.54 Å². The van der Waals surface area contributed by atoms with Gasteiger partial charge in [-0.1, -0.05) is 0 Å². The molecule has 0 saturated heterocycles. The van der Waals surface area contributed by atoms with Crippen molar-refractivity contribution in [3.8, 4) is 5.75 Å². The second-order valence-corrected chi connectivity index (χ2v) is 3.38. The van der Waals surface area contributed by atoms with Crippen LogP contribution in [0.1, 0.15) is 12.5 Å². The van der Waals surface area contributed by atoms with Crippen molar-refractivity contribution in [3.63, 3.8) is 0 Å². The molecule has 13 heavy (non-hydrogen) atoms. The smallest absolute Gasteiger partial charge is 0.169 e. The molecule has 1 aromatic rings. The Balaban J connectivity index is 3.07. The van der Waals surface area contributed by atoms with Crippen LogP contribution in [0.15, 0.2) is 16.6 Å². The van der Waals surface area contributed by atoms with Crippen LogP contribution >= 0.6 is 15.9 Å². The lowest BCUT2D eigenvalue weighted by Gasteiger charge is -2.08. The van der Waals surface area contributed by atoms with Crippen LogP contribution < -0.4 is 10.5 Å². The van der Waals surface area contributed by atoms with Crippen LogP contribution in [-0.4, -0.2) is 6.61 Å². The SMILES string of the molecule is CCOc1c(F)cc(CN)cc1Br. The number of hydrogen-bond acceptors (Lipinski definition) is 2. The third kappa shape index (κ3) is 2.42. The highest BCUT2D eigenvalue weighted by molar-refractivity contribution is 9.10. The molecule has 0 saturated carbocycles. The Hall–Kier alpha value is -0.610. The highest BCUT2D eigenvalue weighted by atomic mass is 79.9. The lowest BCUT2D eigenvalue weighted by atomic mass is 10.2. The average molecular weight is 248 g/mol. The van der Waals surface area contributed by atoms with Crippen molar-refractivity contribution in [2.75, 3.05) is 6.61 Å². The second-order valence-electron chi connectivity index (χ2n) is 2.53. The predicted molar refractivity (Wildman–Crippen MR) is 53.2 cm³/mol. The summed E-state index contributed by atoms with van der Waals surface area (Å²) in [7, 11) is 0.